The number of benzene rings is 3. The van der Waals surface area contributed by atoms with E-state index in [0.29, 0.717) is 12.1 Å². The Morgan fingerprint density at radius 1 is 1.04 bits per heavy atom. The Morgan fingerprint density at radius 2 is 1.81 bits per heavy atom. The molecule has 1 radical (unpaired) electrons. The summed E-state index contributed by atoms with van der Waals surface area (Å²) in [4.78, 5) is 24.3. The number of aromatic nitrogens is 2. The molecule has 0 aliphatic carbocycles. The molecule has 0 atom stereocenters. The van der Waals surface area contributed by atoms with Crippen LogP contribution < -0.4 is 5.32 Å². The van der Waals surface area contributed by atoms with Crippen LogP contribution >= 0.6 is 0 Å². The maximum absolute atomic E-state index is 12.8. The van der Waals surface area contributed by atoms with E-state index in [9.17, 15) is 4.79 Å². The van der Waals surface area contributed by atoms with E-state index in [2.05, 4.69) is 11.4 Å². The molecule has 1 amide bonds. The van der Waals surface area contributed by atoms with Crippen molar-refractivity contribution in [2.75, 3.05) is 27.2 Å². The monoisotopic (exact) mass is 343 g/mol. The number of nitrogens with one attached hydrogen (secondary N) is 1. The van der Waals surface area contributed by atoms with Gasteiger partial charge in [-0.2, -0.15) is 0 Å². The van der Waals surface area contributed by atoms with Crippen LogP contribution in [0.3, 0.4) is 0 Å². The van der Waals surface area contributed by atoms with Crippen molar-refractivity contribution in [3.05, 3.63) is 60.2 Å². The smallest absolute Gasteiger partial charge is 0.252 e. The van der Waals surface area contributed by atoms with Crippen LogP contribution in [0.1, 0.15) is 10.4 Å². The highest BCUT2D eigenvalue weighted by atomic mass is 16.1. The lowest BCUT2D eigenvalue weighted by atomic mass is 10.0. The molecule has 4 aromatic rings. The van der Waals surface area contributed by atoms with E-state index >= 15 is 0 Å². The molecule has 4 rings (SSSR count). The normalized spacial score (nSPS) is 11.5. The van der Waals surface area contributed by atoms with Gasteiger partial charge >= 0.3 is 0 Å². The van der Waals surface area contributed by atoms with E-state index in [1.165, 1.54) is 0 Å². The first kappa shape index (κ1) is 16.4. The molecule has 5 nitrogen and oxygen atoms in total. The third-order valence-electron chi connectivity index (χ3n) is 4.36. The maximum Gasteiger partial charge on any atom is 0.252 e. The van der Waals surface area contributed by atoms with Crippen LogP contribution in [0.5, 0.6) is 0 Å². The molecule has 0 bridgehead atoms. The number of hydrogen-bond donors (Lipinski definition) is 1. The second-order valence-corrected chi connectivity index (χ2v) is 6.52. The molecule has 0 unspecified atom stereocenters. The van der Waals surface area contributed by atoms with Crippen molar-refractivity contribution in [1.29, 1.82) is 0 Å². The molecule has 0 spiro atoms. The summed E-state index contributed by atoms with van der Waals surface area (Å²) in [6.45, 7) is 1.37. The Morgan fingerprint density at radius 3 is 2.58 bits per heavy atom. The van der Waals surface area contributed by atoms with E-state index < -0.39 is 0 Å². The molecule has 0 aliphatic rings. The van der Waals surface area contributed by atoms with Crippen LogP contribution in [0.4, 0.5) is 0 Å². The lowest BCUT2D eigenvalue weighted by Crippen LogP contribution is -2.31. The van der Waals surface area contributed by atoms with E-state index in [1.54, 1.807) is 12.1 Å². The molecule has 1 heterocycles. The molecule has 0 saturated carbocycles. The predicted molar refractivity (Wildman–Crippen MR) is 104 cm³/mol. The lowest BCUT2D eigenvalue weighted by Gasteiger charge is -2.12. The third-order valence-corrected chi connectivity index (χ3v) is 4.36. The first-order valence-electron chi connectivity index (χ1n) is 8.56. The van der Waals surface area contributed by atoms with Gasteiger partial charge < -0.3 is 10.2 Å². The Hall–Kier alpha value is -3.05. The molecule has 0 aliphatic heterocycles. The summed E-state index contributed by atoms with van der Waals surface area (Å²) >= 11 is 0. The molecule has 3 aromatic carbocycles. The van der Waals surface area contributed by atoms with Gasteiger partial charge in [0.1, 0.15) is 0 Å². The Bertz CT molecular complexity index is 1120. The van der Waals surface area contributed by atoms with Gasteiger partial charge in [0.05, 0.1) is 22.1 Å². The van der Waals surface area contributed by atoms with Gasteiger partial charge in [-0.3, -0.25) is 4.79 Å². The van der Waals surface area contributed by atoms with Crippen molar-refractivity contribution in [2.45, 2.75) is 0 Å². The summed E-state index contributed by atoms with van der Waals surface area (Å²) in [6.07, 6.45) is 0. The minimum atomic E-state index is -0.103. The van der Waals surface area contributed by atoms with Crippen molar-refractivity contribution < 1.29 is 4.79 Å². The number of likely N-dealkylation sites (N-methyl/N-ethyl adjacent to an activating group) is 1. The van der Waals surface area contributed by atoms with Crippen LogP contribution in [0.2, 0.25) is 0 Å². The summed E-state index contributed by atoms with van der Waals surface area (Å²) < 4.78 is 0. The second-order valence-electron chi connectivity index (χ2n) is 6.52. The standard InChI is InChI=1S/C21H19N4O/c1-25(2)13-12-22-21(26)15-7-5-6-14-10-11-18-20(19(14)15)24-17-9-4-3-8-16(17)23-18/h3-5,7-11H,12-13H2,1-2H3,(H,22,26). The number of carbonyl (C=O) groups is 1. The lowest BCUT2D eigenvalue weighted by molar-refractivity contribution is 0.0952. The van der Waals surface area contributed by atoms with Crippen LogP contribution in [-0.2, 0) is 0 Å². The second kappa shape index (κ2) is 6.69. The molecule has 5 heteroatoms. The van der Waals surface area contributed by atoms with Crippen molar-refractivity contribution >= 4 is 38.7 Å². The number of rotatable bonds is 4. The summed E-state index contributed by atoms with van der Waals surface area (Å²) in [5.74, 6) is -0.103. The van der Waals surface area contributed by atoms with Crippen molar-refractivity contribution in [3.63, 3.8) is 0 Å². The fraction of sp³-hybridized carbons (Fsp3) is 0.190. The highest BCUT2D eigenvalue weighted by molar-refractivity contribution is 6.16. The Kier molecular flexibility index (Phi) is 4.22. The Balaban J connectivity index is 1.88. The van der Waals surface area contributed by atoms with Crippen molar-refractivity contribution in [2.24, 2.45) is 0 Å². The molecule has 0 saturated heterocycles. The fourth-order valence-electron chi connectivity index (χ4n) is 3.06. The van der Waals surface area contributed by atoms with Gasteiger partial charge in [-0.1, -0.05) is 24.3 Å². The van der Waals surface area contributed by atoms with Gasteiger partial charge in [-0.25, -0.2) is 9.97 Å². The average molecular weight is 343 g/mol. The van der Waals surface area contributed by atoms with Gasteiger partial charge in [0.25, 0.3) is 5.91 Å². The first-order chi connectivity index (χ1) is 12.6. The average Bonchev–Trinajstić information content (AvgIpc) is 2.65. The summed E-state index contributed by atoms with van der Waals surface area (Å²) in [5, 5.41) is 4.64. The number of amides is 1. The summed E-state index contributed by atoms with van der Waals surface area (Å²) in [6, 6.07) is 18.4. The van der Waals surface area contributed by atoms with Gasteiger partial charge in [0, 0.05) is 24.0 Å². The molecule has 129 valence electrons. The zero-order valence-electron chi connectivity index (χ0n) is 14.8. The van der Waals surface area contributed by atoms with Gasteiger partial charge in [0.15, 0.2) is 0 Å². The number of nitrogens with zero attached hydrogens (tertiary/aromatic N) is 3. The molecule has 26 heavy (non-hydrogen) atoms. The number of hydrogen-bond acceptors (Lipinski definition) is 4. The molecular weight excluding hydrogens is 324 g/mol. The van der Waals surface area contributed by atoms with E-state index in [-0.39, 0.29) is 5.91 Å². The first-order valence-corrected chi connectivity index (χ1v) is 8.56. The molecule has 0 fully saturated rings. The largest absolute Gasteiger partial charge is 0.351 e. The van der Waals surface area contributed by atoms with Crippen molar-refractivity contribution in [1.82, 2.24) is 20.2 Å². The number of carbonyl (C=O) groups excluding carboxylic acids is 1. The molecular formula is C21H19N4O. The highest BCUT2D eigenvalue weighted by Gasteiger charge is 2.14. The zero-order valence-corrected chi connectivity index (χ0v) is 14.8. The predicted octanol–water partition coefficient (Wildman–Crippen LogP) is 3.03. The van der Waals surface area contributed by atoms with Crippen LogP contribution in [0.15, 0.2) is 48.5 Å². The topological polar surface area (TPSA) is 58.1 Å². The third kappa shape index (κ3) is 2.97. The molecule has 1 N–H and O–H groups in total. The van der Waals surface area contributed by atoms with Crippen LogP contribution in [-0.4, -0.2) is 48.0 Å². The van der Waals surface area contributed by atoms with Gasteiger partial charge in [-0.05, 0) is 49.8 Å². The summed E-state index contributed by atoms with van der Waals surface area (Å²) in [5.41, 5.74) is 3.77. The van der Waals surface area contributed by atoms with Gasteiger partial charge in [-0.15, -0.1) is 0 Å². The SMILES string of the molecule is CN(C)CCNC(=O)c1cc[c]c2ccc3nc4ccccc4nc3c12. The van der Waals surface area contributed by atoms with Crippen LogP contribution in [0, 0.1) is 6.07 Å². The van der Waals surface area contributed by atoms with Crippen molar-refractivity contribution in [3.8, 4) is 0 Å². The van der Waals surface area contributed by atoms with E-state index in [0.717, 1.165) is 39.4 Å². The minimum absolute atomic E-state index is 0.103. The quantitative estimate of drug-likeness (QED) is 0.457. The van der Waals surface area contributed by atoms with E-state index in [4.69, 9.17) is 9.97 Å². The summed E-state index contributed by atoms with van der Waals surface area (Å²) in [7, 11) is 3.96. The maximum atomic E-state index is 12.8. The minimum Gasteiger partial charge on any atom is -0.351 e. The highest BCUT2D eigenvalue weighted by Crippen LogP contribution is 2.27. The Labute approximate surface area is 151 Å². The number of para-hydroxylation sites is 2. The van der Waals surface area contributed by atoms with E-state index in [1.807, 2.05) is 55.4 Å². The fourth-order valence-corrected chi connectivity index (χ4v) is 3.06. The molecule has 1 aromatic heterocycles. The van der Waals surface area contributed by atoms with Crippen LogP contribution in [0.25, 0.3) is 32.8 Å². The number of fused-ring (bicyclic) bond motifs is 4. The zero-order chi connectivity index (χ0) is 18.1. The van der Waals surface area contributed by atoms with Gasteiger partial charge in [0.2, 0.25) is 0 Å².